The molecule has 2 N–H and O–H groups in total. The molecular weight excluding hydrogens is 220 g/mol. The van der Waals surface area contributed by atoms with E-state index in [1.807, 2.05) is 25.1 Å². The summed E-state index contributed by atoms with van der Waals surface area (Å²) in [6.45, 7) is 5.40. The third-order valence-electron chi connectivity index (χ3n) is 1.81. The second-order valence-corrected chi connectivity index (χ2v) is 4.49. The highest BCUT2D eigenvalue weighted by atomic mass is 32.2. The summed E-state index contributed by atoms with van der Waals surface area (Å²) in [4.78, 5) is 2.08. The van der Waals surface area contributed by atoms with E-state index < -0.39 is 0 Å². The number of thioether (sulfide) groups is 1. The van der Waals surface area contributed by atoms with Crippen molar-refractivity contribution in [3.8, 4) is 5.75 Å². The van der Waals surface area contributed by atoms with Crippen LogP contribution < -0.4 is 0 Å². The maximum Gasteiger partial charge on any atom is 0.115 e. The van der Waals surface area contributed by atoms with E-state index >= 15 is 0 Å². The molecule has 0 aliphatic heterocycles. The summed E-state index contributed by atoms with van der Waals surface area (Å²) in [5.41, 5.74) is 0. The highest BCUT2D eigenvalue weighted by Crippen LogP contribution is 2.27. The Hall–Kier alpha value is -1.61. The maximum absolute atomic E-state index is 9.17. The van der Waals surface area contributed by atoms with Gasteiger partial charge in [-0.15, -0.1) is 0 Å². The molecular formula is C13H14O2S. The minimum Gasteiger partial charge on any atom is -0.508 e. The fraction of sp³-hybridized carbons (Fsp3) is 0.0769. The predicted molar refractivity (Wildman–Crippen MR) is 68.6 cm³/mol. The molecule has 0 aromatic heterocycles. The largest absolute Gasteiger partial charge is 0.508 e. The van der Waals surface area contributed by atoms with Crippen LogP contribution >= 0.6 is 11.8 Å². The summed E-state index contributed by atoms with van der Waals surface area (Å²) in [5.74, 6) is 0.404. The average Bonchev–Trinajstić information content (AvgIpc) is 2.29. The van der Waals surface area contributed by atoms with Crippen molar-refractivity contribution in [2.45, 2.75) is 11.8 Å². The predicted octanol–water partition coefficient (Wildman–Crippen LogP) is 4.02. The van der Waals surface area contributed by atoms with Crippen molar-refractivity contribution < 1.29 is 10.2 Å². The van der Waals surface area contributed by atoms with Crippen LogP contribution in [-0.4, -0.2) is 10.2 Å². The van der Waals surface area contributed by atoms with Crippen LogP contribution in [0.1, 0.15) is 6.92 Å². The molecule has 0 unspecified atom stereocenters. The minimum absolute atomic E-state index is 0.144. The van der Waals surface area contributed by atoms with Gasteiger partial charge in [0.25, 0.3) is 0 Å². The maximum atomic E-state index is 9.17. The molecule has 0 radical (unpaired) electrons. The lowest BCUT2D eigenvalue weighted by Crippen LogP contribution is -1.73. The Labute approximate surface area is 99.6 Å². The van der Waals surface area contributed by atoms with Gasteiger partial charge in [0.05, 0.1) is 0 Å². The van der Waals surface area contributed by atoms with E-state index in [2.05, 4.69) is 6.58 Å². The number of benzene rings is 1. The first-order valence-corrected chi connectivity index (χ1v) is 5.60. The quantitative estimate of drug-likeness (QED) is 0.469. The normalized spacial score (nSPS) is 12.6. The number of hydrogen-bond acceptors (Lipinski definition) is 3. The lowest BCUT2D eigenvalue weighted by Gasteiger charge is -2.00. The van der Waals surface area contributed by atoms with Crippen molar-refractivity contribution in [3.05, 3.63) is 59.7 Å². The first kappa shape index (κ1) is 12.5. The summed E-state index contributed by atoms with van der Waals surface area (Å²) in [5, 5.41) is 18.3. The Morgan fingerprint density at radius 3 is 2.44 bits per heavy atom. The molecule has 0 atom stereocenters. The Balaban J connectivity index is 2.67. The standard InChI is InChI=1S/C13H14O2S/c1-3-11(14)5-4-10(2)16-13-8-6-12(15)7-9-13/h3-9,14-15H,1H2,2H3/b10-4+,11-5+. The van der Waals surface area contributed by atoms with E-state index in [0.29, 0.717) is 0 Å². The lowest BCUT2D eigenvalue weighted by molar-refractivity contribution is 0.433. The number of aliphatic hydroxyl groups excluding tert-OH is 1. The minimum atomic E-state index is 0.144. The molecule has 0 aliphatic carbocycles. The molecule has 16 heavy (non-hydrogen) atoms. The van der Waals surface area contributed by atoms with Gasteiger partial charge < -0.3 is 10.2 Å². The van der Waals surface area contributed by atoms with Gasteiger partial charge in [0.2, 0.25) is 0 Å². The van der Waals surface area contributed by atoms with Gasteiger partial charge in [-0.1, -0.05) is 18.3 Å². The van der Waals surface area contributed by atoms with Crippen LogP contribution in [0.15, 0.2) is 64.6 Å². The number of rotatable bonds is 4. The van der Waals surface area contributed by atoms with Crippen LogP contribution in [0.3, 0.4) is 0 Å². The summed E-state index contributed by atoms with van der Waals surface area (Å²) >= 11 is 1.56. The second-order valence-electron chi connectivity index (χ2n) is 3.17. The first-order chi connectivity index (χ1) is 7.61. The number of allylic oxidation sites excluding steroid dienone is 4. The number of phenols is 1. The van der Waals surface area contributed by atoms with E-state index in [-0.39, 0.29) is 11.5 Å². The molecule has 0 fully saturated rings. The van der Waals surface area contributed by atoms with Crippen molar-refractivity contribution in [1.82, 2.24) is 0 Å². The molecule has 0 bridgehead atoms. The summed E-state index contributed by atoms with van der Waals surface area (Å²) in [6.07, 6.45) is 4.79. The van der Waals surface area contributed by atoms with Crippen LogP contribution in [0, 0.1) is 0 Å². The number of aromatic hydroxyl groups is 1. The van der Waals surface area contributed by atoms with Crippen molar-refractivity contribution in [2.75, 3.05) is 0 Å². The highest BCUT2D eigenvalue weighted by Gasteiger charge is 1.95. The van der Waals surface area contributed by atoms with Crippen LogP contribution in [0.2, 0.25) is 0 Å². The molecule has 2 nitrogen and oxygen atoms in total. The molecule has 0 amide bonds. The van der Waals surface area contributed by atoms with Gasteiger partial charge in [-0.2, -0.15) is 0 Å². The van der Waals surface area contributed by atoms with Crippen LogP contribution in [0.4, 0.5) is 0 Å². The molecule has 1 aromatic carbocycles. The molecule has 1 rings (SSSR count). The third-order valence-corrected chi connectivity index (χ3v) is 2.78. The fourth-order valence-electron chi connectivity index (χ4n) is 1.00. The Bertz CT molecular complexity index is 416. The van der Waals surface area contributed by atoms with Gasteiger partial charge in [0.15, 0.2) is 0 Å². The monoisotopic (exact) mass is 234 g/mol. The number of hydrogen-bond donors (Lipinski definition) is 2. The first-order valence-electron chi connectivity index (χ1n) is 4.78. The van der Waals surface area contributed by atoms with Gasteiger partial charge in [0, 0.05) is 4.90 Å². The smallest absolute Gasteiger partial charge is 0.115 e. The average molecular weight is 234 g/mol. The third kappa shape index (κ3) is 4.28. The molecule has 0 spiro atoms. The van der Waals surface area contributed by atoms with E-state index in [1.54, 1.807) is 30.0 Å². The van der Waals surface area contributed by atoms with E-state index in [0.717, 1.165) is 9.80 Å². The fourth-order valence-corrected chi connectivity index (χ4v) is 1.78. The topological polar surface area (TPSA) is 40.5 Å². The van der Waals surface area contributed by atoms with E-state index in [9.17, 15) is 0 Å². The van der Waals surface area contributed by atoms with Crippen LogP contribution in [0.5, 0.6) is 5.75 Å². The Morgan fingerprint density at radius 1 is 1.25 bits per heavy atom. The van der Waals surface area contributed by atoms with E-state index in [4.69, 9.17) is 10.2 Å². The zero-order valence-corrected chi connectivity index (χ0v) is 9.87. The van der Waals surface area contributed by atoms with Gasteiger partial charge in [-0.3, -0.25) is 0 Å². The number of aliphatic hydroxyl groups is 1. The Morgan fingerprint density at radius 2 is 1.88 bits per heavy atom. The molecule has 84 valence electrons. The molecule has 0 saturated heterocycles. The summed E-state index contributed by atoms with van der Waals surface area (Å²) in [7, 11) is 0. The highest BCUT2D eigenvalue weighted by molar-refractivity contribution is 8.03. The van der Waals surface area contributed by atoms with Gasteiger partial charge in [-0.25, -0.2) is 0 Å². The zero-order chi connectivity index (χ0) is 12.0. The lowest BCUT2D eigenvalue weighted by atomic mass is 10.3. The molecule has 0 aliphatic rings. The zero-order valence-electron chi connectivity index (χ0n) is 9.05. The second kappa shape index (κ2) is 6.08. The molecule has 0 saturated carbocycles. The molecule has 3 heteroatoms. The van der Waals surface area contributed by atoms with Crippen molar-refractivity contribution >= 4 is 11.8 Å². The SMILES string of the molecule is C=C/C(O)=C\C=C(/C)Sc1ccc(O)cc1. The molecule has 1 aromatic rings. The van der Waals surface area contributed by atoms with Crippen molar-refractivity contribution in [1.29, 1.82) is 0 Å². The van der Waals surface area contributed by atoms with Crippen LogP contribution in [0.25, 0.3) is 0 Å². The van der Waals surface area contributed by atoms with Crippen molar-refractivity contribution in [3.63, 3.8) is 0 Å². The van der Waals surface area contributed by atoms with Crippen LogP contribution in [-0.2, 0) is 0 Å². The van der Waals surface area contributed by atoms with Gasteiger partial charge in [0.1, 0.15) is 11.5 Å². The van der Waals surface area contributed by atoms with Crippen molar-refractivity contribution in [2.24, 2.45) is 0 Å². The summed E-state index contributed by atoms with van der Waals surface area (Å²) < 4.78 is 0. The Kier molecular flexibility index (Phi) is 4.73. The van der Waals surface area contributed by atoms with Gasteiger partial charge in [-0.05, 0) is 54.3 Å². The molecule has 0 heterocycles. The van der Waals surface area contributed by atoms with Gasteiger partial charge >= 0.3 is 0 Å². The summed E-state index contributed by atoms with van der Waals surface area (Å²) in [6, 6.07) is 6.97. The van der Waals surface area contributed by atoms with E-state index in [1.165, 1.54) is 6.08 Å². The number of phenolic OH excluding ortho intramolecular Hbond substituents is 1.